The van der Waals surface area contributed by atoms with Crippen LogP contribution in [0.4, 0.5) is 11.4 Å². The molecule has 2 heterocycles. The van der Waals surface area contributed by atoms with Crippen LogP contribution in [0.25, 0.3) is 0 Å². The Morgan fingerprint density at radius 1 is 0.827 bits per heavy atom. The number of rotatable bonds is 11. The van der Waals surface area contributed by atoms with Gasteiger partial charge in [-0.15, -0.1) is 0 Å². The van der Waals surface area contributed by atoms with E-state index in [4.69, 9.17) is 4.84 Å². The molecule has 2 aliphatic heterocycles. The highest BCUT2D eigenvalue weighted by Gasteiger charge is 2.60. The van der Waals surface area contributed by atoms with Crippen molar-refractivity contribution in [1.29, 1.82) is 0 Å². The summed E-state index contributed by atoms with van der Waals surface area (Å²) in [5.41, 5.74) is 2.94. The second kappa shape index (κ2) is 14.5. The number of nitrogens with zero attached hydrogens (tertiary/aromatic N) is 4. The number of nitro benzene ring substituents is 1. The smallest absolute Gasteiger partial charge is 0.302 e. The minimum atomic E-state index is -4.21. The van der Waals surface area contributed by atoms with Crippen molar-refractivity contribution in [1.82, 2.24) is 13.9 Å². The summed E-state index contributed by atoms with van der Waals surface area (Å²) >= 11 is 0. The number of fused-ring (bicyclic) bond motifs is 1. The minimum Gasteiger partial charge on any atom is -0.302 e. The molecule has 2 aliphatic rings. The van der Waals surface area contributed by atoms with E-state index in [1.165, 1.54) is 28.6 Å². The summed E-state index contributed by atoms with van der Waals surface area (Å²) in [5, 5.41) is 11.8. The number of benzene rings is 5. The highest BCUT2D eigenvalue weighted by Crippen LogP contribution is 2.53. The molecule has 0 radical (unpaired) electrons. The van der Waals surface area contributed by atoms with Gasteiger partial charge in [-0.3, -0.25) is 10.1 Å². The third-order valence-electron chi connectivity index (χ3n) is 10.3. The van der Waals surface area contributed by atoms with Crippen molar-refractivity contribution < 1.29 is 23.0 Å². The SMILES string of the molecule is C[N+]1(C(=O)C2CCN(CCN(Cc3ccccc3)S(=O)(=O)c3ccccc3[N+](=O)[O-])CC2)OC(c2ccccc2)(c2ccccc2)c2ccccc21. The van der Waals surface area contributed by atoms with Crippen molar-refractivity contribution in [3.63, 3.8) is 0 Å². The van der Waals surface area contributed by atoms with Crippen molar-refractivity contribution in [2.75, 3.05) is 33.2 Å². The van der Waals surface area contributed by atoms with Crippen LogP contribution in [-0.2, 0) is 31.8 Å². The van der Waals surface area contributed by atoms with Gasteiger partial charge in [-0.25, -0.2) is 13.2 Å². The number of piperidine rings is 1. The molecule has 5 aromatic rings. The molecule has 266 valence electrons. The van der Waals surface area contributed by atoms with Gasteiger partial charge in [0.05, 0.1) is 16.4 Å². The summed E-state index contributed by atoms with van der Waals surface area (Å²) in [6, 6.07) is 42.7. The zero-order chi connectivity index (χ0) is 36.3. The van der Waals surface area contributed by atoms with Crippen molar-refractivity contribution in [3.05, 3.63) is 172 Å². The second-order valence-corrected chi connectivity index (χ2v) is 15.4. The molecule has 1 fully saturated rings. The number of hydrogen-bond acceptors (Lipinski definition) is 7. The van der Waals surface area contributed by atoms with Crippen molar-refractivity contribution >= 4 is 27.3 Å². The Morgan fingerprint density at radius 2 is 1.37 bits per heavy atom. The molecule has 7 rings (SSSR count). The summed E-state index contributed by atoms with van der Waals surface area (Å²) in [7, 11) is -2.37. The number of carbonyl (C=O) groups excluding carboxylic acids is 1. The van der Waals surface area contributed by atoms with Gasteiger partial charge in [0.2, 0.25) is 15.6 Å². The van der Waals surface area contributed by atoms with Crippen LogP contribution < -0.4 is 4.65 Å². The van der Waals surface area contributed by atoms with Crippen LogP contribution in [0.5, 0.6) is 0 Å². The fraction of sp³-hybridized carbons (Fsp3) is 0.244. The lowest BCUT2D eigenvalue weighted by atomic mass is 9.80. The van der Waals surface area contributed by atoms with Crippen LogP contribution in [0.2, 0.25) is 0 Å². The number of hydroxylamine groups is 2. The fourth-order valence-electron chi connectivity index (χ4n) is 7.65. The third-order valence-corrected chi connectivity index (χ3v) is 12.2. The highest BCUT2D eigenvalue weighted by molar-refractivity contribution is 7.89. The molecule has 10 nitrogen and oxygen atoms in total. The van der Waals surface area contributed by atoms with Gasteiger partial charge in [0.15, 0.2) is 10.6 Å². The van der Waals surface area contributed by atoms with Gasteiger partial charge in [-0.2, -0.15) is 9.14 Å². The molecule has 0 saturated carbocycles. The zero-order valence-electron chi connectivity index (χ0n) is 29.0. The van der Waals surface area contributed by atoms with Gasteiger partial charge < -0.3 is 4.90 Å². The summed E-state index contributed by atoms with van der Waals surface area (Å²) in [6.07, 6.45) is 1.16. The van der Waals surface area contributed by atoms with Crippen LogP contribution in [0.1, 0.15) is 35.1 Å². The van der Waals surface area contributed by atoms with E-state index in [-0.39, 0.29) is 34.5 Å². The molecule has 52 heavy (non-hydrogen) atoms. The largest absolute Gasteiger partial charge is 0.354 e. The van der Waals surface area contributed by atoms with Crippen LogP contribution in [0, 0.1) is 16.0 Å². The van der Waals surface area contributed by atoms with E-state index < -0.39 is 26.2 Å². The van der Waals surface area contributed by atoms with Crippen molar-refractivity contribution in [2.45, 2.75) is 29.9 Å². The summed E-state index contributed by atoms with van der Waals surface area (Å²) in [6.45, 7) is 1.78. The Bertz CT molecular complexity index is 2120. The first-order valence-electron chi connectivity index (χ1n) is 17.5. The predicted octanol–water partition coefficient (Wildman–Crippen LogP) is 6.90. The molecule has 1 atom stereocenters. The van der Waals surface area contributed by atoms with Gasteiger partial charge in [0.1, 0.15) is 7.05 Å². The normalized spacial score (nSPS) is 19.0. The molecular weight excluding hydrogens is 677 g/mol. The monoisotopic (exact) mass is 717 g/mol. The molecule has 0 aliphatic carbocycles. The average Bonchev–Trinajstić information content (AvgIpc) is 3.47. The first kappa shape index (κ1) is 35.4. The van der Waals surface area contributed by atoms with Crippen LogP contribution >= 0.6 is 0 Å². The molecule has 0 spiro atoms. The van der Waals surface area contributed by atoms with Crippen molar-refractivity contribution in [3.8, 4) is 0 Å². The molecule has 0 aromatic heterocycles. The standard InChI is InChI=1S/C41H41N4O6S/c1-45(38-23-13-11-21-36(38)41(51-45,34-17-7-3-8-18-34)35-19-9-4-10-20-35)40(46)33-25-27-42(28-26-33)29-30-43(31-32-15-5-2-6-16-32)52(49,50)39-24-14-12-22-37(39)44(47)48/h2-24,33H,25-31H2,1H3/q+1. The average molecular weight is 718 g/mol. The lowest BCUT2D eigenvalue weighted by Crippen LogP contribution is -2.55. The van der Waals surface area contributed by atoms with Gasteiger partial charge in [-0.1, -0.05) is 120 Å². The molecule has 1 unspecified atom stereocenters. The Hall–Kier alpha value is -5.04. The number of amides is 1. The van der Waals surface area contributed by atoms with Crippen molar-refractivity contribution in [2.24, 2.45) is 5.92 Å². The number of sulfonamides is 1. The first-order valence-corrected chi connectivity index (χ1v) is 18.9. The van der Waals surface area contributed by atoms with Gasteiger partial charge >= 0.3 is 5.91 Å². The molecule has 1 saturated heterocycles. The maximum absolute atomic E-state index is 14.7. The Balaban J connectivity index is 1.10. The molecule has 5 aromatic carbocycles. The van der Waals surface area contributed by atoms with Gasteiger partial charge in [0, 0.05) is 31.8 Å². The Labute approximate surface area is 304 Å². The lowest BCUT2D eigenvalue weighted by Gasteiger charge is -2.36. The summed E-state index contributed by atoms with van der Waals surface area (Å²) < 4.78 is 28.9. The Morgan fingerprint density at radius 3 is 1.98 bits per heavy atom. The van der Waals surface area contributed by atoms with E-state index in [0.29, 0.717) is 32.5 Å². The molecule has 1 amide bonds. The van der Waals surface area contributed by atoms with E-state index in [0.717, 1.165) is 27.9 Å². The van der Waals surface area contributed by atoms with E-state index in [9.17, 15) is 23.3 Å². The second-order valence-electron chi connectivity index (χ2n) is 13.4. The number of quaternary nitrogens is 1. The number of para-hydroxylation sites is 2. The topological polar surface area (TPSA) is 110 Å². The molecule has 0 N–H and O–H groups in total. The predicted molar refractivity (Wildman–Crippen MR) is 199 cm³/mol. The molecular formula is C41H41N4O6S+. The van der Waals surface area contributed by atoms with Crippen LogP contribution in [0.3, 0.4) is 0 Å². The number of nitro groups is 1. The van der Waals surface area contributed by atoms with E-state index in [1.807, 2.05) is 122 Å². The van der Waals surface area contributed by atoms with E-state index in [2.05, 4.69) is 4.90 Å². The fourth-order valence-corrected chi connectivity index (χ4v) is 9.23. The first-order chi connectivity index (χ1) is 25.1. The third kappa shape index (κ3) is 6.46. The summed E-state index contributed by atoms with van der Waals surface area (Å²) in [5.74, 6) is -0.307. The van der Waals surface area contributed by atoms with Gasteiger partial charge in [-0.05, 0) is 54.8 Å². The number of carbonyl (C=O) groups is 1. The van der Waals surface area contributed by atoms with E-state index >= 15 is 0 Å². The van der Waals surface area contributed by atoms with Gasteiger partial charge in [0.25, 0.3) is 5.69 Å². The number of likely N-dealkylation sites (tertiary alicyclic amines) is 1. The lowest BCUT2D eigenvalue weighted by molar-refractivity contribution is -0.387. The zero-order valence-corrected chi connectivity index (χ0v) is 29.8. The maximum Gasteiger partial charge on any atom is 0.354 e. The minimum absolute atomic E-state index is 0.0227. The Kier molecular flexibility index (Phi) is 9.88. The van der Waals surface area contributed by atoms with Crippen LogP contribution in [-0.4, -0.2) is 61.7 Å². The molecule has 0 bridgehead atoms. The van der Waals surface area contributed by atoms with Crippen LogP contribution in [0.15, 0.2) is 144 Å². The quantitative estimate of drug-likeness (QED) is 0.0831. The van der Waals surface area contributed by atoms with E-state index in [1.54, 1.807) is 0 Å². The number of hydrogen-bond donors (Lipinski definition) is 0. The maximum atomic E-state index is 14.7. The molecule has 11 heteroatoms. The highest BCUT2D eigenvalue weighted by atomic mass is 32.2. The summed E-state index contributed by atoms with van der Waals surface area (Å²) in [4.78, 5) is 34.7.